The summed E-state index contributed by atoms with van der Waals surface area (Å²) in [7, 11) is -3.52. The zero-order valence-corrected chi connectivity index (χ0v) is 15.0. The summed E-state index contributed by atoms with van der Waals surface area (Å²) in [5.41, 5.74) is 1.01. The van der Waals surface area contributed by atoms with Crippen molar-refractivity contribution in [2.45, 2.75) is 68.6 Å². The lowest BCUT2D eigenvalue weighted by Gasteiger charge is -2.23. The Morgan fingerprint density at radius 1 is 1.25 bits per heavy atom. The molecule has 0 bridgehead atoms. The highest BCUT2D eigenvalue weighted by Gasteiger charge is 2.32. The number of rotatable bonds is 5. The SMILES string of the molecule is CCc1cccc(S(=O)(=O)C(C)c2nnnn2C2CCCCC2)c1. The summed E-state index contributed by atoms with van der Waals surface area (Å²) >= 11 is 0. The van der Waals surface area contributed by atoms with Gasteiger partial charge in [-0.3, -0.25) is 0 Å². The van der Waals surface area contributed by atoms with Gasteiger partial charge < -0.3 is 0 Å². The minimum Gasteiger partial charge on any atom is -0.225 e. The number of tetrazole rings is 1. The molecule has 2 aromatic rings. The van der Waals surface area contributed by atoms with E-state index in [1.165, 1.54) is 6.42 Å². The zero-order chi connectivity index (χ0) is 17.2. The van der Waals surface area contributed by atoms with Gasteiger partial charge in [0.25, 0.3) is 0 Å². The first-order valence-electron chi connectivity index (χ1n) is 8.64. The summed E-state index contributed by atoms with van der Waals surface area (Å²) in [5, 5.41) is 11.1. The highest BCUT2D eigenvalue weighted by Crippen LogP contribution is 2.32. The van der Waals surface area contributed by atoms with Crippen LogP contribution in [0.4, 0.5) is 0 Å². The van der Waals surface area contributed by atoms with E-state index in [0.717, 1.165) is 37.7 Å². The lowest BCUT2D eigenvalue weighted by Crippen LogP contribution is -2.21. The van der Waals surface area contributed by atoms with E-state index in [1.54, 1.807) is 29.8 Å². The third-order valence-electron chi connectivity index (χ3n) is 4.90. The Kier molecular flexibility index (Phi) is 4.99. The molecule has 0 saturated heterocycles. The van der Waals surface area contributed by atoms with Crippen LogP contribution in [0.1, 0.15) is 68.6 Å². The van der Waals surface area contributed by atoms with Crippen LogP contribution >= 0.6 is 0 Å². The molecule has 24 heavy (non-hydrogen) atoms. The van der Waals surface area contributed by atoms with Crippen molar-refractivity contribution in [3.8, 4) is 0 Å². The summed E-state index contributed by atoms with van der Waals surface area (Å²) in [5.74, 6) is 0.448. The van der Waals surface area contributed by atoms with Gasteiger partial charge in [-0.25, -0.2) is 13.1 Å². The van der Waals surface area contributed by atoms with E-state index in [2.05, 4.69) is 15.5 Å². The van der Waals surface area contributed by atoms with E-state index in [9.17, 15) is 8.42 Å². The molecule has 6 nitrogen and oxygen atoms in total. The molecule has 1 unspecified atom stereocenters. The topological polar surface area (TPSA) is 77.7 Å². The van der Waals surface area contributed by atoms with Gasteiger partial charge >= 0.3 is 0 Å². The van der Waals surface area contributed by atoms with Gasteiger partial charge in [0.05, 0.1) is 10.9 Å². The largest absolute Gasteiger partial charge is 0.225 e. The quantitative estimate of drug-likeness (QED) is 0.828. The van der Waals surface area contributed by atoms with E-state index in [0.29, 0.717) is 10.7 Å². The van der Waals surface area contributed by atoms with Gasteiger partial charge in [-0.05, 0) is 54.3 Å². The van der Waals surface area contributed by atoms with Gasteiger partial charge in [0.2, 0.25) is 0 Å². The van der Waals surface area contributed by atoms with E-state index in [1.807, 2.05) is 13.0 Å². The number of aromatic nitrogens is 4. The molecule has 0 radical (unpaired) electrons. The Morgan fingerprint density at radius 3 is 2.71 bits per heavy atom. The Bertz CT molecular complexity index is 794. The van der Waals surface area contributed by atoms with Crippen molar-refractivity contribution in [1.82, 2.24) is 20.2 Å². The summed E-state index contributed by atoms with van der Waals surface area (Å²) < 4.78 is 27.8. The number of hydrogen-bond donors (Lipinski definition) is 0. The smallest absolute Gasteiger partial charge is 0.188 e. The number of benzene rings is 1. The van der Waals surface area contributed by atoms with Crippen molar-refractivity contribution in [1.29, 1.82) is 0 Å². The summed E-state index contributed by atoms with van der Waals surface area (Å²) in [6.45, 7) is 3.69. The minimum atomic E-state index is -3.52. The Balaban J connectivity index is 1.93. The zero-order valence-electron chi connectivity index (χ0n) is 14.2. The fraction of sp³-hybridized carbons (Fsp3) is 0.588. The molecule has 0 amide bonds. The molecule has 130 valence electrons. The Hall–Kier alpha value is -1.76. The molecule has 1 saturated carbocycles. The fourth-order valence-electron chi connectivity index (χ4n) is 3.34. The van der Waals surface area contributed by atoms with Gasteiger partial charge in [-0.15, -0.1) is 5.10 Å². The van der Waals surface area contributed by atoms with E-state index >= 15 is 0 Å². The summed E-state index contributed by atoms with van der Waals surface area (Å²) in [6.07, 6.45) is 6.34. The van der Waals surface area contributed by atoms with Crippen molar-refractivity contribution >= 4 is 9.84 Å². The lowest BCUT2D eigenvalue weighted by atomic mass is 9.95. The molecule has 1 aromatic heterocycles. The van der Waals surface area contributed by atoms with Crippen LogP contribution in [0.5, 0.6) is 0 Å². The monoisotopic (exact) mass is 348 g/mol. The molecule has 1 heterocycles. The average molecular weight is 348 g/mol. The van der Waals surface area contributed by atoms with E-state index < -0.39 is 15.1 Å². The van der Waals surface area contributed by atoms with Crippen molar-refractivity contribution in [3.63, 3.8) is 0 Å². The lowest BCUT2D eigenvalue weighted by molar-refractivity contribution is 0.316. The van der Waals surface area contributed by atoms with Crippen LogP contribution < -0.4 is 0 Å². The molecule has 1 fully saturated rings. The number of nitrogens with zero attached hydrogens (tertiary/aromatic N) is 4. The maximum absolute atomic E-state index is 13.0. The second-order valence-electron chi connectivity index (χ2n) is 6.46. The minimum absolute atomic E-state index is 0.211. The van der Waals surface area contributed by atoms with Gasteiger partial charge in [0, 0.05) is 0 Å². The first kappa shape index (κ1) is 17.1. The van der Waals surface area contributed by atoms with Gasteiger partial charge in [-0.2, -0.15) is 0 Å². The molecule has 7 heteroatoms. The predicted octanol–water partition coefficient (Wildman–Crippen LogP) is 3.28. The number of sulfone groups is 1. The Morgan fingerprint density at radius 2 is 2.00 bits per heavy atom. The molecule has 1 aromatic carbocycles. The fourth-order valence-corrected chi connectivity index (χ4v) is 4.76. The number of aryl methyl sites for hydroxylation is 1. The van der Waals surface area contributed by atoms with Crippen molar-refractivity contribution in [2.24, 2.45) is 0 Å². The number of hydrogen-bond acceptors (Lipinski definition) is 5. The van der Waals surface area contributed by atoms with Gasteiger partial charge in [0.15, 0.2) is 15.7 Å². The van der Waals surface area contributed by atoms with Crippen molar-refractivity contribution in [3.05, 3.63) is 35.7 Å². The predicted molar refractivity (Wildman–Crippen MR) is 91.4 cm³/mol. The molecular weight excluding hydrogens is 324 g/mol. The van der Waals surface area contributed by atoms with Crippen LogP contribution in [-0.4, -0.2) is 28.6 Å². The second-order valence-corrected chi connectivity index (χ2v) is 8.73. The van der Waals surface area contributed by atoms with Crippen LogP contribution in [0.3, 0.4) is 0 Å². The van der Waals surface area contributed by atoms with Crippen LogP contribution in [-0.2, 0) is 16.3 Å². The summed E-state index contributed by atoms with van der Waals surface area (Å²) in [4.78, 5) is 0.340. The van der Waals surface area contributed by atoms with E-state index in [4.69, 9.17) is 0 Å². The first-order chi connectivity index (χ1) is 11.5. The molecule has 3 rings (SSSR count). The van der Waals surface area contributed by atoms with Gasteiger partial charge in [-0.1, -0.05) is 38.3 Å². The molecule has 1 aliphatic rings. The summed E-state index contributed by atoms with van der Waals surface area (Å²) in [6, 6.07) is 7.35. The van der Waals surface area contributed by atoms with Crippen molar-refractivity contribution in [2.75, 3.05) is 0 Å². The molecular formula is C17H24N4O2S. The molecule has 1 atom stereocenters. The van der Waals surface area contributed by atoms with Crippen LogP contribution in [0.25, 0.3) is 0 Å². The highest BCUT2D eigenvalue weighted by atomic mass is 32.2. The average Bonchev–Trinajstić information content (AvgIpc) is 3.11. The Labute approximate surface area is 143 Å². The molecule has 0 aliphatic heterocycles. The molecule has 1 aliphatic carbocycles. The van der Waals surface area contributed by atoms with Crippen molar-refractivity contribution < 1.29 is 8.42 Å². The van der Waals surface area contributed by atoms with Gasteiger partial charge in [0.1, 0.15) is 5.25 Å². The van der Waals surface area contributed by atoms with Crippen LogP contribution in [0.2, 0.25) is 0 Å². The highest BCUT2D eigenvalue weighted by molar-refractivity contribution is 7.91. The maximum Gasteiger partial charge on any atom is 0.188 e. The maximum atomic E-state index is 13.0. The second kappa shape index (κ2) is 7.01. The van der Waals surface area contributed by atoms with E-state index in [-0.39, 0.29) is 6.04 Å². The molecule has 0 spiro atoms. The standard InChI is InChI=1S/C17H24N4O2S/c1-3-14-8-7-11-16(12-14)24(22,23)13(2)17-18-19-20-21(17)15-9-5-4-6-10-15/h7-8,11-13,15H,3-6,9-10H2,1-2H3. The van der Waals surface area contributed by atoms with Crippen LogP contribution in [0.15, 0.2) is 29.2 Å². The molecule has 0 N–H and O–H groups in total. The third-order valence-corrected chi connectivity index (χ3v) is 6.96. The normalized spacial score (nSPS) is 17.8. The first-order valence-corrected chi connectivity index (χ1v) is 10.2. The third kappa shape index (κ3) is 3.22. The van der Waals surface area contributed by atoms with Crippen LogP contribution in [0, 0.1) is 0 Å².